The molecule has 6 aromatic rings. The van der Waals surface area contributed by atoms with Gasteiger partial charge < -0.3 is 37.9 Å². The van der Waals surface area contributed by atoms with E-state index in [1.807, 2.05) is 17.1 Å². The third-order valence-electron chi connectivity index (χ3n) is 15.8. The zero-order chi connectivity index (χ0) is 61.9. The molecule has 1 heterocycles. The monoisotopic (exact) mass is 1220 g/mol. The van der Waals surface area contributed by atoms with Gasteiger partial charge in [0.25, 0.3) is 0 Å². The topological polar surface area (TPSA) is 205 Å². The molecule has 0 atom stereocenters. The summed E-state index contributed by atoms with van der Waals surface area (Å²) < 4.78 is 46.5. The number of aromatic nitrogens is 1. The van der Waals surface area contributed by atoms with Crippen LogP contribution in [0, 0.1) is 23.7 Å². The molecule has 8 rings (SSSR count). The first-order valence-electron chi connectivity index (χ1n) is 31.1. The molecule has 2 fully saturated rings. The van der Waals surface area contributed by atoms with Crippen molar-refractivity contribution in [1.82, 2.24) is 4.98 Å². The van der Waals surface area contributed by atoms with Gasteiger partial charge in [-0.2, -0.15) is 5.10 Å². The Kier molecular flexibility index (Phi) is 26.0. The number of hydrogen-bond donors (Lipinski definition) is 0. The first-order chi connectivity index (χ1) is 43.0. The molecule has 1 aromatic heterocycles. The first-order valence-corrected chi connectivity index (χ1v) is 31.9. The fourth-order valence-corrected chi connectivity index (χ4v) is 11.6. The summed E-state index contributed by atoms with van der Waals surface area (Å²) in [6, 6.07) is 31.1. The number of carbonyl (C=O) groups excluding carboxylic acids is 6. The second kappa shape index (κ2) is 34.8. The molecule has 5 aromatic carbocycles. The number of hydrazone groups is 1. The molecule has 0 unspecified atom stereocenters. The van der Waals surface area contributed by atoms with Gasteiger partial charge in [0.15, 0.2) is 0 Å². The molecule has 0 aliphatic heterocycles. The lowest BCUT2D eigenvalue weighted by molar-refractivity contribution is -0.145. The van der Waals surface area contributed by atoms with E-state index >= 15 is 0 Å². The molecule has 2 saturated carbocycles. The van der Waals surface area contributed by atoms with Crippen molar-refractivity contribution >= 4 is 79.5 Å². The average Bonchev–Trinajstić information content (AvgIpc) is 3.46. The number of benzene rings is 5. The number of hydrogen-bond acceptors (Lipinski definition) is 18. The Hall–Kier alpha value is -8.38. The normalized spacial score (nSPS) is 16.5. The lowest BCUT2D eigenvalue weighted by Gasteiger charge is -2.26. The minimum Gasteiger partial charge on any atom is -0.494 e. The van der Waals surface area contributed by atoms with E-state index in [4.69, 9.17) is 48.0 Å². The zero-order valence-corrected chi connectivity index (χ0v) is 51.2. The summed E-state index contributed by atoms with van der Waals surface area (Å²) in [5.41, 5.74) is 1.31. The largest absolute Gasteiger partial charge is 0.494 e. The molecular weight excluding hydrogens is 1140 g/mol. The minimum atomic E-state index is -0.473. The van der Waals surface area contributed by atoms with Crippen molar-refractivity contribution in [3.05, 3.63) is 134 Å². The molecular formula is C70H81N3O14S. The number of anilines is 1. The van der Waals surface area contributed by atoms with E-state index in [9.17, 15) is 28.8 Å². The lowest BCUT2D eigenvalue weighted by Crippen LogP contribution is -2.30. The summed E-state index contributed by atoms with van der Waals surface area (Å²) in [6.07, 6.45) is 18.4. The average molecular weight is 1220 g/mol. The highest BCUT2D eigenvalue weighted by atomic mass is 32.1. The molecule has 88 heavy (non-hydrogen) atoms. The number of fused-ring (bicyclic) bond motifs is 3. The summed E-state index contributed by atoms with van der Waals surface area (Å²) in [7, 11) is 0. The number of rotatable bonds is 34. The molecule has 17 nitrogen and oxygen atoms in total. The first kappa shape index (κ1) is 65.6. The van der Waals surface area contributed by atoms with Gasteiger partial charge in [-0.05, 0) is 187 Å². The second-order valence-corrected chi connectivity index (χ2v) is 23.3. The van der Waals surface area contributed by atoms with Crippen molar-refractivity contribution in [1.29, 1.82) is 0 Å². The van der Waals surface area contributed by atoms with E-state index in [0.717, 1.165) is 110 Å². The summed E-state index contributed by atoms with van der Waals surface area (Å²) in [5.74, 6) is -1.45. The van der Waals surface area contributed by atoms with Crippen molar-refractivity contribution in [3.63, 3.8) is 0 Å². The number of carbonyl (C=O) groups is 6. The van der Waals surface area contributed by atoms with Gasteiger partial charge in [0.1, 0.15) is 34.5 Å². The van der Waals surface area contributed by atoms with Gasteiger partial charge in [-0.3, -0.25) is 19.2 Å². The summed E-state index contributed by atoms with van der Waals surface area (Å²) in [6.45, 7) is 11.3. The van der Waals surface area contributed by atoms with Crippen molar-refractivity contribution in [2.75, 3.05) is 38.0 Å². The molecule has 18 heteroatoms. The molecule has 0 spiro atoms. The van der Waals surface area contributed by atoms with Gasteiger partial charge in [0, 0.05) is 29.6 Å². The molecule has 0 amide bonds. The van der Waals surface area contributed by atoms with Gasteiger partial charge >= 0.3 is 35.8 Å². The molecule has 2 aliphatic carbocycles. The van der Waals surface area contributed by atoms with Crippen LogP contribution in [0.5, 0.6) is 34.5 Å². The van der Waals surface area contributed by atoms with Crippen LogP contribution in [-0.2, 0) is 38.2 Å². The number of unbranched alkanes of at least 4 members (excludes halogenated alkanes) is 9. The minimum absolute atomic E-state index is 0.239. The Balaban J connectivity index is 0.861. The maximum atomic E-state index is 14.1. The summed E-state index contributed by atoms with van der Waals surface area (Å²) in [4.78, 5) is 82.1. The smallest absolute Gasteiger partial charge is 0.330 e. The van der Waals surface area contributed by atoms with Crippen LogP contribution in [0.3, 0.4) is 0 Å². The Morgan fingerprint density at radius 1 is 0.523 bits per heavy atom. The zero-order valence-electron chi connectivity index (χ0n) is 50.4. The van der Waals surface area contributed by atoms with Crippen LogP contribution >= 0.6 is 11.3 Å². The summed E-state index contributed by atoms with van der Waals surface area (Å²) in [5, 5.41) is 9.76. The van der Waals surface area contributed by atoms with E-state index in [1.54, 1.807) is 84.3 Å². The third kappa shape index (κ3) is 20.4. The Morgan fingerprint density at radius 2 is 0.977 bits per heavy atom. The number of esters is 6. The number of ether oxygens (including phenoxy) is 8. The maximum Gasteiger partial charge on any atom is 0.330 e. The van der Waals surface area contributed by atoms with Crippen molar-refractivity contribution in [2.24, 2.45) is 28.8 Å². The maximum absolute atomic E-state index is 14.1. The molecule has 0 N–H and O–H groups in total. The fourth-order valence-electron chi connectivity index (χ4n) is 10.7. The predicted octanol–water partition coefficient (Wildman–Crippen LogP) is 14.8. The second-order valence-electron chi connectivity index (χ2n) is 22.3. The van der Waals surface area contributed by atoms with E-state index in [2.05, 4.69) is 44.3 Å². The van der Waals surface area contributed by atoms with E-state index in [-0.39, 0.29) is 29.4 Å². The standard InChI is InChI=1S/C70H81N3O14S/c1-4-7-8-15-42-73(70-72-65-60-21-14-13-20-49(60)30-41-62(65)88-70)71-48-54-47-59(86-68(78)52-24-22-50(23-25-52)66(76)84-57-35-31-55(32-36-57)80-43-16-9-11-18-45-82-63(74)5-2)39-40-61(54)87-69(79)53-28-26-51(27-29-53)67(77)85-58-37-33-56(34-38-58)81-44-17-10-12-19-46-83-64(75)6-3/h5-6,13-14,20-21,30-41,47-48,50-53H,2-4,7-12,15-19,22-29,42-46H2,1H3/b71-48+. The molecule has 2 aliphatic rings. The molecule has 0 radical (unpaired) electrons. The van der Waals surface area contributed by atoms with Crippen molar-refractivity contribution < 1.29 is 66.7 Å². The van der Waals surface area contributed by atoms with Crippen LogP contribution in [-0.4, -0.2) is 80.0 Å². The Morgan fingerprint density at radius 3 is 1.49 bits per heavy atom. The number of nitrogens with zero attached hydrogens (tertiary/aromatic N) is 3. The SMILES string of the molecule is C=CC(=O)OCCCCCCOc1ccc(OC(=O)C2CCC(C(=O)Oc3ccc(OC(=O)C4CCC(C(=O)Oc5ccc(OCCCCCCOC(=O)C=C)cc5)CC4)c(/C=N/N(CCCCCC)c4nc5c(ccc6ccccc65)s4)c3)CC2)cc1. The highest BCUT2D eigenvalue weighted by molar-refractivity contribution is 7.22. The highest BCUT2D eigenvalue weighted by Gasteiger charge is 2.34. The molecule has 0 saturated heterocycles. The van der Waals surface area contributed by atoms with Gasteiger partial charge in [0.05, 0.1) is 66.5 Å². The molecule has 0 bridgehead atoms. The Bertz CT molecular complexity index is 3310. The fraction of sp³-hybridized carbons (Fsp3) is 0.429. The third-order valence-corrected chi connectivity index (χ3v) is 16.8. The summed E-state index contributed by atoms with van der Waals surface area (Å²) >= 11 is 1.55. The van der Waals surface area contributed by atoms with E-state index < -0.39 is 41.6 Å². The van der Waals surface area contributed by atoms with Crippen LogP contribution < -0.4 is 33.4 Å². The van der Waals surface area contributed by atoms with Gasteiger partial charge in [-0.15, -0.1) is 0 Å². The van der Waals surface area contributed by atoms with Crippen molar-refractivity contribution in [2.45, 2.75) is 135 Å². The number of thiazole rings is 1. The predicted molar refractivity (Wildman–Crippen MR) is 339 cm³/mol. The van der Waals surface area contributed by atoms with Crippen molar-refractivity contribution in [3.8, 4) is 34.5 Å². The van der Waals surface area contributed by atoms with Crippen LogP contribution in [0.4, 0.5) is 5.13 Å². The van der Waals surface area contributed by atoms with Gasteiger partial charge in [-0.1, -0.05) is 81.0 Å². The van der Waals surface area contributed by atoms with Gasteiger partial charge in [-0.25, -0.2) is 19.6 Å². The lowest BCUT2D eigenvalue weighted by atomic mass is 9.82. The van der Waals surface area contributed by atoms with Gasteiger partial charge in [0.2, 0.25) is 5.13 Å². The van der Waals surface area contributed by atoms with Crippen LogP contribution in [0.2, 0.25) is 0 Å². The highest BCUT2D eigenvalue weighted by Crippen LogP contribution is 2.37. The Labute approximate surface area is 519 Å². The van der Waals surface area contributed by atoms with Crippen LogP contribution in [0.15, 0.2) is 134 Å². The quantitative estimate of drug-likeness (QED) is 0.00920. The van der Waals surface area contributed by atoms with Crippen LogP contribution in [0.1, 0.15) is 141 Å². The van der Waals surface area contributed by atoms with E-state index in [0.29, 0.717) is 118 Å². The molecule has 466 valence electrons. The van der Waals surface area contributed by atoms with E-state index in [1.165, 1.54) is 0 Å². The van der Waals surface area contributed by atoms with Crippen LogP contribution in [0.25, 0.3) is 21.0 Å².